The van der Waals surface area contributed by atoms with Crippen LogP contribution in [0.4, 0.5) is 0 Å². The molecule has 3 nitrogen and oxygen atoms in total. The van der Waals surface area contributed by atoms with Gasteiger partial charge in [0.1, 0.15) is 0 Å². The number of carbonyl (C=O) groups is 1. The first kappa shape index (κ1) is 11.9. The maximum absolute atomic E-state index is 12.0. The van der Waals surface area contributed by atoms with E-state index in [2.05, 4.69) is 18.2 Å². The van der Waals surface area contributed by atoms with Gasteiger partial charge < -0.3 is 0 Å². The Morgan fingerprint density at radius 2 is 1.84 bits per heavy atom. The Morgan fingerprint density at radius 1 is 1.11 bits per heavy atom. The van der Waals surface area contributed by atoms with E-state index in [4.69, 9.17) is 4.84 Å². The van der Waals surface area contributed by atoms with Crippen LogP contribution in [0.2, 0.25) is 0 Å². The zero-order valence-corrected chi connectivity index (χ0v) is 11.0. The van der Waals surface area contributed by atoms with Crippen LogP contribution in [0.25, 0.3) is 11.1 Å². The molecule has 0 aromatic heterocycles. The summed E-state index contributed by atoms with van der Waals surface area (Å²) in [5, 5.41) is 1.24. The van der Waals surface area contributed by atoms with E-state index in [1.165, 1.54) is 34.4 Å². The number of fused-ring (bicyclic) bond motifs is 3. The number of amides is 1. The summed E-state index contributed by atoms with van der Waals surface area (Å²) >= 11 is 0. The minimum Gasteiger partial charge on any atom is -0.274 e. The lowest BCUT2D eigenvalue weighted by atomic mass is 10.0. The number of rotatable bonds is 2. The van der Waals surface area contributed by atoms with E-state index in [0.29, 0.717) is 5.56 Å². The average molecular weight is 253 g/mol. The van der Waals surface area contributed by atoms with Crippen molar-refractivity contribution in [2.45, 2.75) is 6.42 Å². The largest absolute Gasteiger partial charge is 0.277 e. The van der Waals surface area contributed by atoms with Crippen molar-refractivity contribution in [3.63, 3.8) is 0 Å². The first-order valence-corrected chi connectivity index (χ1v) is 6.24. The topological polar surface area (TPSA) is 29.5 Å². The molecule has 0 N–H and O–H groups in total. The van der Waals surface area contributed by atoms with E-state index in [1.54, 1.807) is 7.05 Å². The monoisotopic (exact) mass is 253 g/mol. The predicted octanol–water partition coefficient (Wildman–Crippen LogP) is 2.89. The first-order valence-electron chi connectivity index (χ1n) is 6.24. The fraction of sp³-hybridized carbons (Fsp3) is 0.188. The number of hydroxylamine groups is 2. The van der Waals surface area contributed by atoms with Crippen LogP contribution in [0.5, 0.6) is 0 Å². The maximum Gasteiger partial charge on any atom is 0.277 e. The summed E-state index contributed by atoms with van der Waals surface area (Å²) in [6.45, 7) is 0. The highest BCUT2D eigenvalue weighted by Crippen LogP contribution is 2.36. The first-order chi connectivity index (χ1) is 9.20. The summed E-state index contributed by atoms with van der Waals surface area (Å²) in [4.78, 5) is 17.0. The van der Waals surface area contributed by atoms with E-state index in [9.17, 15) is 4.79 Å². The Hall–Kier alpha value is -2.13. The van der Waals surface area contributed by atoms with Gasteiger partial charge in [-0.2, -0.15) is 0 Å². The Labute approximate surface area is 112 Å². The lowest BCUT2D eigenvalue weighted by Crippen LogP contribution is -2.25. The molecular weight excluding hydrogens is 238 g/mol. The lowest BCUT2D eigenvalue weighted by molar-refractivity contribution is -0.0757. The van der Waals surface area contributed by atoms with Crippen LogP contribution in [-0.2, 0) is 11.3 Å². The molecule has 19 heavy (non-hydrogen) atoms. The van der Waals surface area contributed by atoms with Crippen molar-refractivity contribution in [2.24, 2.45) is 0 Å². The molecule has 0 aliphatic heterocycles. The van der Waals surface area contributed by atoms with Crippen LogP contribution < -0.4 is 0 Å². The van der Waals surface area contributed by atoms with Crippen molar-refractivity contribution in [1.82, 2.24) is 5.06 Å². The van der Waals surface area contributed by atoms with Gasteiger partial charge in [-0.15, -0.1) is 0 Å². The van der Waals surface area contributed by atoms with Gasteiger partial charge in [0.2, 0.25) is 0 Å². The molecule has 1 amide bonds. The SMILES string of the molecule is CON(C)C(=O)c1ccc2c(c1)Cc1ccccc1-2. The van der Waals surface area contributed by atoms with Crippen LogP contribution in [0.1, 0.15) is 21.5 Å². The van der Waals surface area contributed by atoms with Crippen molar-refractivity contribution in [3.05, 3.63) is 59.2 Å². The molecule has 0 spiro atoms. The molecule has 0 bridgehead atoms. The molecule has 0 radical (unpaired) electrons. The third-order valence-electron chi connectivity index (χ3n) is 3.60. The molecule has 3 rings (SSSR count). The van der Waals surface area contributed by atoms with Gasteiger partial charge in [0, 0.05) is 12.6 Å². The van der Waals surface area contributed by atoms with Gasteiger partial charge in [-0.1, -0.05) is 30.3 Å². The van der Waals surface area contributed by atoms with Crippen LogP contribution in [0.3, 0.4) is 0 Å². The molecule has 1 aliphatic carbocycles. The molecule has 0 fully saturated rings. The van der Waals surface area contributed by atoms with E-state index < -0.39 is 0 Å². The third kappa shape index (κ3) is 1.92. The molecule has 0 saturated heterocycles. The fourth-order valence-electron chi connectivity index (χ4n) is 2.54. The molecule has 0 unspecified atom stereocenters. The van der Waals surface area contributed by atoms with E-state index in [-0.39, 0.29) is 5.91 Å². The van der Waals surface area contributed by atoms with Gasteiger partial charge in [0.05, 0.1) is 7.11 Å². The normalized spacial score (nSPS) is 11.9. The van der Waals surface area contributed by atoms with Crippen molar-refractivity contribution in [3.8, 4) is 11.1 Å². The van der Waals surface area contributed by atoms with Gasteiger partial charge >= 0.3 is 0 Å². The molecule has 0 atom stereocenters. The average Bonchev–Trinajstić information content (AvgIpc) is 2.83. The molecule has 0 saturated carbocycles. The molecule has 1 aliphatic rings. The zero-order valence-electron chi connectivity index (χ0n) is 11.0. The van der Waals surface area contributed by atoms with Gasteiger partial charge in [0.15, 0.2) is 0 Å². The molecule has 96 valence electrons. The number of nitrogens with zero attached hydrogens (tertiary/aromatic N) is 1. The van der Waals surface area contributed by atoms with Crippen LogP contribution in [0.15, 0.2) is 42.5 Å². The van der Waals surface area contributed by atoms with Crippen molar-refractivity contribution in [2.75, 3.05) is 14.2 Å². The fourth-order valence-corrected chi connectivity index (χ4v) is 2.54. The number of benzene rings is 2. The van der Waals surface area contributed by atoms with Crippen LogP contribution >= 0.6 is 0 Å². The summed E-state index contributed by atoms with van der Waals surface area (Å²) in [6.07, 6.45) is 0.892. The van der Waals surface area contributed by atoms with Crippen molar-refractivity contribution < 1.29 is 9.63 Å². The predicted molar refractivity (Wildman–Crippen MR) is 73.8 cm³/mol. The van der Waals surface area contributed by atoms with Crippen LogP contribution in [-0.4, -0.2) is 25.1 Å². The molecule has 0 heterocycles. The minimum absolute atomic E-state index is 0.124. The summed E-state index contributed by atoms with van der Waals surface area (Å²) in [5.74, 6) is -0.124. The van der Waals surface area contributed by atoms with Gasteiger partial charge in [-0.3, -0.25) is 9.63 Å². The maximum atomic E-state index is 12.0. The molecular formula is C16H15NO2. The summed E-state index contributed by atoms with van der Waals surface area (Å²) in [7, 11) is 3.10. The van der Waals surface area contributed by atoms with Gasteiger partial charge in [-0.25, -0.2) is 5.06 Å². The highest BCUT2D eigenvalue weighted by atomic mass is 16.7. The van der Waals surface area contributed by atoms with Gasteiger partial charge in [0.25, 0.3) is 5.91 Å². The highest BCUT2D eigenvalue weighted by molar-refractivity contribution is 5.95. The summed E-state index contributed by atoms with van der Waals surface area (Å²) in [6, 6.07) is 14.2. The van der Waals surface area contributed by atoms with E-state index in [1.807, 2.05) is 24.3 Å². The number of carbonyl (C=O) groups excluding carboxylic acids is 1. The van der Waals surface area contributed by atoms with E-state index >= 15 is 0 Å². The second kappa shape index (κ2) is 4.52. The van der Waals surface area contributed by atoms with E-state index in [0.717, 1.165) is 6.42 Å². The molecule has 2 aromatic rings. The van der Waals surface area contributed by atoms with Crippen molar-refractivity contribution in [1.29, 1.82) is 0 Å². The molecule has 2 aromatic carbocycles. The third-order valence-corrected chi connectivity index (χ3v) is 3.60. The number of hydrogen-bond acceptors (Lipinski definition) is 2. The second-order valence-electron chi connectivity index (χ2n) is 4.69. The van der Waals surface area contributed by atoms with Crippen LogP contribution in [0, 0.1) is 0 Å². The standard InChI is InChI=1S/C16H15NO2/c1-17(19-2)16(18)12-7-8-15-13(10-12)9-11-5-3-4-6-14(11)15/h3-8,10H,9H2,1-2H3. The Balaban J connectivity index is 2.00. The summed E-state index contributed by atoms with van der Waals surface area (Å²) < 4.78 is 0. The second-order valence-corrected chi connectivity index (χ2v) is 4.69. The minimum atomic E-state index is -0.124. The summed E-state index contributed by atoms with van der Waals surface area (Å²) in [5.41, 5.74) is 5.69. The smallest absolute Gasteiger partial charge is 0.274 e. The lowest BCUT2D eigenvalue weighted by Gasteiger charge is -2.14. The Bertz CT molecular complexity index is 649. The zero-order chi connectivity index (χ0) is 13.4. The number of hydrogen-bond donors (Lipinski definition) is 0. The Kier molecular flexibility index (Phi) is 2.84. The van der Waals surface area contributed by atoms with Crippen molar-refractivity contribution >= 4 is 5.91 Å². The highest BCUT2D eigenvalue weighted by Gasteiger charge is 2.20. The molecule has 3 heteroatoms. The quantitative estimate of drug-likeness (QED) is 0.657. The van der Waals surface area contributed by atoms with Gasteiger partial charge in [-0.05, 0) is 40.8 Å². The Morgan fingerprint density at radius 3 is 2.63 bits per heavy atom.